The van der Waals surface area contributed by atoms with Gasteiger partial charge in [0.15, 0.2) is 23.0 Å². The fourth-order valence-corrected chi connectivity index (χ4v) is 3.14. The van der Waals surface area contributed by atoms with E-state index in [1.54, 1.807) is 30.3 Å². The second-order valence-electron chi connectivity index (χ2n) is 7.28. The van der Waals surface area contributed by atoms with E-state index in [2.05, 4.69) is 10.5 Å². The Labute approximate surface area is 203 Å². The Morgan fingerprint density at radius 1 is 0.743 bits per heavy atom. The van der Waals surface area contributed by atoms with E-state index in [1.807, 2.05) is 19.1 Å². The van der Waals surface area contributed by atoms with Gasteiger partial charge in [-0.1, -0.05) is 17.7 Å². The number of carbonyl (C=O) groups excluding carboxylic acids is 2. The van der Waals surface area contributed by atoms with Crippen LogP contribution in [0.15, 0.2) is 59.7 Å². The van der Waals surface area contributed by atoms with E-state index < -0.39 is 5.97 Å². The molecule has 0 spiro atoms. The largest absolute Gasteiger partial charge is 0.493 e. The summed E-state index contributed by atoms with van der Waals surface area (Å²) in [5, 5.41) is 3.98. The monoisotopic (exact) mass is 478 g/mol. The lowest BCUT2D eigenvalue weighted by atomic mass is 10.1. The number of esters is 1. The van der Waals surface area contributed by atoms with Crippen LogP contribution in [0.5, 0.6) is 28.7 Å². The molecule has 0 unspecified atom stereocenters. The average Bonchev–Trinajstić information content (AvgIpc) is 2.88. The number of methoxy groups -OCH3 is 4. The first-order valence-electron chi connectivity index (χ1n) is 10.5. The van der Waals surface area contributed by atoms with Gasteiger partial charge in [-0.05, 0) is 55.0 Å². The number of ether oxygens (including phenoxy) is 5. The molecule has 0 fully saturated rings. The van der Waals surface area contributed by atoms with Crippen molar-refractivity contribution >= 4 is 18.1 Å². The van der Waals surface area contributed by atoms with Crippen molar-refractivity contribution in [2.45, 2.75) is 6.92 Å². The SMILES string of the molecule is COc1cc(/C=N\NC(=O)c2ccc(C)cc2)ccc1OC(=O)c1cc(OC)c(OC)c(OC)c1. The number of carbonyl (C=O) groups is 2. The Hall–Kier alpha value is -4.53. The Morgan fingerprint density at radius 3 is 1.94 bits per heavy atom. The first-order valence-corrected chi connectivity index (χ1v) is 10.5. The highest BCUT2D eigenvalue weighted by atomic mass is 16.6. The minimum atomic E-state index is -0.644. The number of nitrogens with zero attached hydrogens (tertiary/aromatic N) is 1. The third-order valence-electron chi connectivity index (χ3n) is 4.98. The molecule has 35 heavy (non-hydrogen) atoms. The van der Waals surface area contributed by atoms with Crippen LogP contribution in [0.2, 0.25) is 0 Å². The van der Waals surface area contributed by atoms with Crippen molar-refractivity contribution < 1.29 is 33.3 Å². The van der Waals surface area contributed by atoms with Gasteiger partial charge in [0.1, 0.15) is 0 Å². The molecule has 1 N–H and O–H groups in total. The van der Waals surface area contributed by atoms with Gasteiger partial charge in [0.25, 0.3) is 5.91 Å². The molecule has 9 heteroatoms. The zero-order valence-corrected chi connectivity index (χ0v) is 20.1. The maximum Gasteiger partial charge on any atom is 0.343 e. The van der Waals surface area contributed by atoms with E-state index in [0.29, 0.717) is 34.1 Å². The predicted octanol–water partition coefficient (Wildman–Crippen LogP) is 4.01. The average molecular weight is 479 g/mol. The lowest BCUT2D eigenvalue weighted by Crippen LogP contribution is -2.17. The topological polar surface area (TPSA) is 105 Å². The highest BCUT2D eigenvalue weighted by Gasteiger charge is 2.19. The number of nitrogens with one attached hydrogen (secondary N) is 1. The predicted molar refractivity (Wildman–Crippen MR) is 130 cm³/mol. The Kier molecular flexibility index (Phi) is 8.29. The molecule has 0 radical (unpaired) electrons. The molecule has 0 saturated carbocycles. The van der Waals surface area contributed by atoms with Crippen LogP contribution in [0.3, 0.4) is 0 Å². The number of hydrazone groups is 1. The Bertz CT molecular complexity index is 1210. The first-order chi connectivity index (χ1) is 16.9. The normalized spacial score (nSPS) is 10.5. The van der Waals surface area contributed by atoms with Crippen molar-refractivity contribution in [1.82, 2.24) is 5.43 Å². The summed E-state index contributed by atoms with van der Waals surface area (Å²) in [6, 6.07) is 15.0. The summed E-state index contributed by atoms with van der Waals surface area (Å²) >= 11 is 0. The molecule has 3 rings (SSSR count). The van der Waals surface area contributed by atoms with E-state index >= 15 is 0 Å². The van der Waals surface area contributed by atoms with E-state index in [9.17, 15) is 9.59 Å². The van der Waals surface area contributed by atoms with E-state index in [4.69, 9.17) is 23.7 Å². The summed E-state index contributed by atoms with van der Waals surface area (Å²) in [5.41, 5.74) is 4.86. The zero-order valence-electron chi connectivity index (χ0n) is 20.1. The first kappa shape index (κ1) is 25.1. The minimum Gasteiger partial charge on any atom is -0.493 e. The lowest BCUT2D eigenvalue weighted by Gasteiger charge is -2.14. The molecule has 3 aromatic carbocycles. The molecule has 0 aliphatic carbocycles. The van der Waals surface area contributed by atoms with Gasteiger partial charge >= 0.3 is 5.97 Å². The third-order valence-corrected chi connectivity index (χ3v) is 4.98. The van der Waals surface area contributed by atoms with Crippen molar-refractivity contribution in [3.63, 3.8) is 0 Å². The summed E-state index contributed by atoms with van der Waals surface area (Å²) in [5.74, 6) is 0.544. The van der Waals surface area contributed by atoms with Gasteiger partial charge in [-0.2, -0.15) is 5.10 Å². The summed E-state index contributed by atoms with van der Waals surface area (Å²) in [6.07, 6.45) is 1.46. The molecular formula is C26H26N2O7. The second-order valence-corrected chi connectivity index (χ2v) is 7.28. The molecule has 1 amide bonds. The number of aryl methyl sites for hydroxylation is 1. The summed E-state index contributed by atoms with van der Waals surface area (Å²) < 4.78 is 26.7. The molecule has 0 bridgehead atoms. The van der Waals surface area contributed by atoms with Crippen LogP contribution >= 0.6 is 0 Å². The molecule has 3 aromatic rings. The maximum atomic E-state index is 12.8. The van der Waals surface area contributed by atoms with Crippen molar-refractivity contribution in [3.05, 3.63) is 76.9 Å². The van der Waals surface area contributed by atoms with Crippen LogP contribution in [0.25, 0.3) is 0 Å². The molecule has 0 saturated heterocycles. The zero-order chi connectivity index (χ0) is 25.4. The van der Waals surface area contributed by atoms with Crippen LogP contribution in [0.1, 0.15) is 31.8 Å². The standard InChI is InChI=1S/C26H26N2O7/c1-16-6-9-18(10-7-16)25(29)28-27-15-17-8-11-20(21(12-17)31-2)35-26(30)19-13-22(32-3)24(34-5)23(14-19)33-4/h6-15H,1-5H3,(H,28,29)/b27-15-. The van der Waals surface area contributed by atoms with Crippen molar-refractivity contribution in [2.75, 3.05) is 28.4 Å². The van der Waals surface area contributed by atoms with Crippen LogP contribution < -0.4 is 29.1 Å². The van der Waals surface area contributed by atoms with Crippen LogP contribution in [-0.2, 0) is 0 Å². The number of amides is 1. The summed E-state index contributed by atoms with van der Waals surface area (Å²) in [7, 11) is 5.84. The van der Waals surface area contributed by atoms with Gasteiger partial charge in [0.05, 0.1) is 40.2 Å². The van der Waals surface area contributed by atoms with Crippen molar-refractivity contribution in [3.8, 4) is 28.7 Å². The number of rotatable bonds is 9. The molecule has 182 valence electrons. The molecular weight excluding hydrogens is 452 g/mol. The fourth-order valence-electron chi connectivity index (χ4n) is 3.14. The van der Waals surface area contributed by atoms with Gasteiger partial charge in [0, 0.05) is 5.56 Å². The Balaban J connectivity index is 1.73. The van der Waals surface area contributed by atoms with Crippen LogP contribution in [0, 0.1) is 6.92 Å². The molecule has 0 heterocycles. The van der Waals surface area contributed by atoms with Gasteiger partial charge in [-0.15, -0.1) is 0 Å². The van der Waals surface area contributed by atoms with Gasteiger partial charge in [0.2, 0.25) is 5.75 Å². The number of hydrogen-bond donors (Lipinski definition) is 1. The molecule has 0 aliphatic rings. The van der Waals surface area contributed by atoms with Gasteiger partial charge in [-0.3, -0.25) is 4.79 Å². The van der Waals surface area contributed by atoms with Crippen molar-refractivity contribution in [1.29, 1.82) is 0 Å². The minimum absolute atomic E-state index is 0.200. The van der Waals surface area contributed by atoms with Crippen LogP contribution in [0.4, 0.5) is 0 Å². The van der Waals surface area contributed by atoms with Gasteiger partial charge < -0.3 is 23.7 Å². The maximum absolute atomic E-state index is 12.8. The van der Waals surface area contributed by atoms with Crippen LogP contribution in [-0.4, -0.2) is 46.5 Å². The van der Waals surface area contributed by atoms with Crippen molar-refractivity contribution in [2.24, 2.45) is 5.10 Å². The van der Waals surface area contributed by atoms with E-state index in [-0.39, 0.29) is 17.2 Å². The number of hydrogen-bond acceptors (Lipinski definition) is 8. The smallest absolute Gasteiger partial charge is 0.343 e. The van der Waals surface area contributed by atoms with E-state index in [1.165, 1.54) is 46.8 Å². The lowest BCUT2D eigenvalue weighted by molar-refractivity contribution is 0.0728. The fraction of sp³-hybridized carbons (Fsp3) is 0.192. The highest BCUT2D eigenvalue weighted by molar-refractivity contribution is 5.95. The number of benzene rings is 3. The summed E-state index contributed by atoms with van der Waals surface area (Å²) in [6.45, 7) is 1.94. The second kappa shape index (κ2) is 11.6. The van der Waals surface area contributed by atoms with E-state index in [0.717, 1.165) is 5.56 Å². The highest BCUT2D eigenvalue weighted by Crippen LogP contribution is 2.38. The molecule has 0 aromatic heterocycles. The Morgan fingerprint density at radius 2 is 1.37 bits per heavy atom. The molecule has 9 nitrogen and oxygen atoms in total. The molecule has 0 atom stereocenters. The summed E-state index contributed by atoms with van der Waals surface area (Å²) in [4.78, 5) is 25.0. The molecule has 0 aliphatic heterocycles. The third kappa shape index (κ3) is 6.08. The quantitative estimate of drug-likeness (QED) is 0.214. The van der Waals surface area contributed by atoms with Gasteiger partial charge in [-0.25, -0.2) is 10.2 Å².